The number of pyridine rings is 1. The van der Waals surface area contributed by atoms with Crippen LogP contribution in [0.15, 0.2) is 53.6 Å². The first-order valence-corrected chi connectivity index (χ1v) is 8.68. The third-order valence-corrected chi connectivity index (χ3v) is 4.70. The van der Waals surface area contributed by atoms with Crippen molar-refractivity contribution in [3.8, 4) is 0 Å². The van der Waals surface area contributed by atoms with Crippen LogP contribution in [0.25, 0.3) is 0 Å². The Kier molecular flexibility index (Phi) is 4.61. The molecule has 0 N–H and O–H groups in total. The summed E-state index contributed by atoms with van der Waals surface area (Å²) in [7, 11) is -1.51. The van der Waals surface area contributed by atoms with Crippen LogP contribution in [-0.4, -0.2) is 37.5 Å². The van der Waals surface area contributed by atoms with Crippen LogP contribution >= 0.6 is 0 Å². The molecule has 0 aliphatic heterocycles. The van der Waals surface area contributed by atoms with Gasteiger partial charge in [0.15, 0.2) is 9.84 Å². The lowest BCUT2D eigenvalue weighted by molar-refractivity contribution is 0.0736. The Morgan fingerprint density at radius 1 is 1.14 bits per heavy atom. The topological polar surface area (TPSA) is 67.3 Å². The molecule has 0 radical (unpaired) electrons. The number of carbonyl (C=O) groups excluding carboxylic acids is 1. The average Bonchev–Trinajstić information content (AvgIpc) is 2.53. The van der Waals surface area contributed by atoms with Gasteiger partial charge in [0.25, 0.3) is 5.91 Å². The van der Waals surface area contributed by atoms with Crippen molar-refractivity contribution < 1.29 is 13.2 Å². The van der Waals surface area contributed by atoms with Crippen LogP contribution in [0.3, 0.4) is 0 Å². The second-order valence-electron chi connectivity index (χ2n) is 5.15. The first-order valence-electron chi connectivity index (χ1n) is 6.79. The van der Waals surface area contributed by atoms with Crippen LogP contribution in [0.4, 0.5) is 0 Å². The summed E-state index contributed by atoms with van der Waals surface area (Å²) in [5.74, 6) is -0.180. The van der Waals surface area contributed by atoms with Gasteiger partial charge in [-0.05, 0) is 36.8 Å². The fourth-order valence-corrected chi connectivity index (χ4v) is 2.69. The van der Waals surface area contributed by atoms with Gasteiger partial charge in [0, 0.05) is 19.5 Å². The van der Waals surface area contributed by atoms with Gasteiger partial charge in [-0.15, -0.1) is 0 Å². The van der Waals surface area contributed by atoms with E-state index < -0.39 is 9.84 Å². The van der Waals surface area contributed by atoms with Gasteiger partial charge in [-0.1, -0.05) is 18.2 Å². The number of carbonyl (C=O) groups is 1. The van der Waals surface area contributed by atoms with E-state index in [1.54, 1.807) is 60.6 Å². The monoisotopic (exact) mass is 318 g/mol. The summed E-state index contributed by atoms with van der Waals surface area (Å²) >= 11 is 0. The second kappa shape index (κ2) is 6.27. The molecule has 1 aromatic carbocycles. The van der Waals surface area contributed by atoms with Gasteiger partial charge in [0.1, 0.15) is 5.69 Å². The molecule has 22 heavy (non-hydrogen) atoms. The predicted molar refractivity (Wildman–Crippen MR) is 84.3 cm³/mol. The maximum absolute atomic E-state index is 12.4. The molecule has 1 unspecified atom stereocenters. The summed E-state index contributed by atoms with van der Waals surface area (Å²) in [5, 5.41) is 0. The van der Waals surface area contributed by atoms with E-state index in [1.165, 1.54) is 6.26 Å². The smallest absolute Gasteiger partial charge is 0.272 e. The maximum atomic E-state index is 12.4. The van der Waals surface area contributed by atoms with E-state index in [4.69, 9.17) is 0 Å². The van der Waals surface area contributed by atoms with Crippen molar-refractivity contribution in [1.82, 2.24) is 9.88 Å². The number of benzene rings is 1. The molecule has 0 saturated carbocycles. The van der Waals surface area contributed by atoms with Gasteiger partial charge in [0.2, 0.25) is 0 Å². The highest BCUT2D eigenvalue weighted by atomic mass is 32.2. The molecule has 0 bridgehead atoms. The molecule has 1 heterocycles. The van der Waals surface area contributed by atoms with Gasteiger partial charge in [-0.2, -0.15) is 0 Å². The maximum Gasteiger partial charge on any atom is 0.272 e. The van der Waals surface area contributed by atoms with Gasteiger partial charge in [-0.3, -0.25) is 9.78 Å². The van der Waals surface area contributed by atoms with Gasteiger partial charge < -0.3 is 4.90 Å². The van der Waals surface area contributed by atoms with Crippen molar-refractivity contribution in [1.29, 1.82) is 0 Å². The first-order chi connectivity index (χ1) is 10.3. The fourth-order valence-electron chi connectivity index (χ4n) is 2.06. The summed E-state index contributed by atoms with van der Waals surface area (Å²) in [6, 6.07) is 11.6. The molecule has 0 aliphatic rings. The summed E-state index contributed by atoms with van der Waals surface area (Å²) in [5.41, 5.74) is 1.24. The van der Waals surface area contributed by atoms with Crippen LogP contribution in [-0.2, 0) is 9.84 Å². The third-order valence-electron chi connectivity index (χ3n) is 3.58. The van der Waals surface area contributed by atoms with E-state index in [0.29, 0.717) is 5.69 Å². The Bertz CT molecular complexity index is 756. The first kappa shape index (κ1) is 16.2. The Balaban J connectivity index is 2.20. The van der Waals surface area contributed by atoms with Crippen molar-refractivity contribution in [2.75, 3.05) is 13.3 Å². The zero-order valence-electron chi connectivity index (χ0n) is 12.7. The number of hydrogen-bond donors (Lipinski definition) is 0. The molecule has 6 heteroatoms. The van der Waals surface area contributed by atoms with E-state index in [2.05, 4.69) is 4.98 Å². The number of amides is 1. The quantitative estimate of drug-likeness (QED) is 0.867. The zero-order valence-corrected chi connectivity index (χ0v) is 13.5. The summed E-state index contributed by atoms with van der Waals surface area (Å²) < 4.78 is 22.9. The number of rotatable bonds is 4. The lowest BCUT2D eigenvalue weighted by Gasteiger charge is -2.25. The number of nitrogens with zero attached hydrogens (tertiary/aromatic N) is 2. The molecule has 2 aromatic rings. The van der Waals surface area contributed by atoms with E-state index in [9.17, 15) is 13.2 Å². The molecule has 0 spiro atoms. The lowest BCUT2D eigenvalue weighted by Crippen LogP contribution is -2.30. The molecule has 1 amide bonds. The molecule has 0 aliphatic carbocycles. The molecular weight excluding hydrogens is 300 g/mol. The zero-order chi connectivity index (χ0) is 16.3. The summed E-state index contributed by atoms with van der Waals surface area (Å²) in [6.07, 6.45) is 2.74. The van der Waals surface area contributed by atoms with Gasteiger partial charge in [-0.25, -0.2) is 8.42 Å². The van der Waals surface area contributed by atoms with Crippen LogP contribution in [0, 0.1) is 0 Å². The molecule has 116 valence electrons. The minimum Gasteiger partial charge on any atom is -0.334 e. The Morgan fingerprint density at radius 2 is 1.77 bits per heavy atom. The number of hydrogen-bond acceptors (Lipinski definition) is 4. The number of aromatic nitrogens is 1. The highest BCUT2D eigenvalue weighted by Crippen LogP contribution is 2.22. The minimum absolute atomic E-state index is 0.180. The normalized spacial score (nSPS) is 12.7. The minimum atomic E-state index is -3.22. The standard InChI is InChI=1S/C16H18N2O3S/c1-12(13-7-9-14(10-8-13)22(3,20)21)18(2)16(19)15-6-4-5-11-17-15/h4-12H,1-3H3. The van der Waals surface area contributed by atoms with Crippen LogP contribution in [0.1, 0.15) is 29.0 Å². The fraction of sp³-hybridized carbons (Fsp3) is 0.250. The highest BCUT2D eigenvalue weighted by molar-refractivity contribution is 7.90. The molecule has 1 atom stereocenters. The second-order valence-corrected chi connectivity index (χ2v) is 7.16. The Morgan fingerprint density at radius 3 is 2.27 bits per heavy atom. The van der Waals surface area contributed by atoms with E-state index in [1.807, 2.05) is 6.92 Å². The van der Waals surface area contributed by atoms with Crippen LogP contribution in [0.5, 0.6) is 0 Å². The predicted octanol–water partition coefficient (Wildman–Crippen LogP) is 2.32. The Hall–Kier alpha value is -2.21. The average molecular weight is 318 g/mol. The Labute approximate surface area is 130 Å². The molecule has 2 rings (SSSR count). The molecule has 0 saturated heterocycles. The largest absolute Gasteiger partial charge is 0.334 e. The van der Waals surface area contributed by atoms with Crippen LogP contribution in [0.2, 0.25) is 0 Å². The number of sulfone groups is 1. The van der Waals surface area contributed by atoms with Crippen molar-refractivity contribution in [3.05, 3.63) is 59.9 Å². The van der Waals surface area contributed by atoms with E-state index in [-0.39, 0.29) is 16.8 Å². The molecular formula is C16H18N2O3S. The summed E-state index contributed by atoms with van der Waals surface area (Å²) in [6.45, 7) is 1.89. The molecule has 1 aromatic heterocycles. The summed E-state index contributed by atoms with van der Waals surface area (Å²) in [4.78, 5) is 18.3. The molecule has 0 fully saturated rings. The van der Waals surface area contributed by atoms with Crippen molar-refractivity contribution in [2.45, 2.75) is 17.9 Å². The third kappa shape index (κ3) is 3.51. The van der Waals surface area contributed by atoms with E-state index in [0.717, 1.165) is 5.56 Å². The van der Waals surface area contributed by atoms with Gasteiger partial charge in [0.05, 0.1) is 10.9 Å². The van der Waals surface area contributed by atoms with Gasteiger partial charge >= 0.3 is 0 Å². The van der Waals surface area contributed by atoms with Crippen molar-refractivity contribution in [2.24, 2.45) is 0 Å². The molecule has 5 nitrogen and oxygen atoms in total. The van der Waals surface area contributed by atoms with Crippen LogP contribution < -0.4 is 0 Å². The van der Waals surface area contributed by atoms with Crippen molar-refractivity contribution >= 4 is 15.7 Å². The van der Waals surface area contributed by atoms with E-state index >= 15 is 0 Å². The van der Waals surface area contributed by atoms with Crippen molar-refractivity contribution in [3.63, 3.8) is 0 Å². The highest BCUT2D eigenvalue weighted by Gasteiger charge is 2.20. The lowest BCUT2D eigenvalue weighted by atomic mass is 10.1. The SMILES string of the molecule is CC(c1ccc(S(C)(=O)=O)cc1)N(C)C(=O)c1ccccn1.